The highest BCUT2D eigenvalue weighted by molar-refractivity contribution is 5.85. The molecular formula is C16H33N3O. The van der Waals surface area contributed by atoms with E-state index in [0.717, 1.165) is 31.8 Å². The van der Waals surface area contributed by atoms with Crippen LogP contribution in [0.2, 0.25) is 0 Å². The number of hydrogen-bond donors (Lipinski definition) is 2. The van der Waals surface area contributed by atoms with E-state index in [1.165, 1.54) is 12.8 Å². The molecule has 4 nitrogen and oxygen atoms in total. The largest absolute Gasteiger partial charge is 0.353 e. The molecule has 118 valence electrons. The van der Waals surface area contributed by atoms with Crippen LogP contribution in [0, 0.1) is 5.92 Å². The number of nitrogens with zero attached hydrogens (tertiary/aromatic N) is 1. The zero-order valence-electron chi connectivity index (χ0n) is 14.0. The van der Waals surface area contributed by atoms with Crippen molar-refractivity contribution in [2.45, 2.75) is 71.4 Å². The summed E-state index contributed by atoms with van der Waals surface area (Å²) in [4.78, 5) is 14.7. The van der Waals surface area contributed by atoms with Crippen LogP contribution in [0.25, 0.3) is 0 Å². The monoisotopic (exact) mass is 283 g/mol. The van der Waals surface area contributed by atoms with Crippen LogP contribution in [-0.2, 0) is 4.79 Å². The average Bonchev–Trinajstić information content (AvgIpc) is 2.36. The number of carbonyl (C=O) groups is 1. The number of carbonyl (C=O) groups excluding carboxylic acids is 1. The second-order valence-electron chi connectivity index (χ2n) is 7.36. The van der Waals surface area contributed by atoms with Gasteiger partial charge in [-0.2, -0.15) is 0 Å². The molecule has 1 fully saturated rings. The zero-order valence-corrected chi connectivity index (χ0v) is 14.0. The Hall–Kier alpha value is -0.610. The van der Waals surface area contributed by atoms with Crippen molar-refractivity contribution in [1.29, 1.82) is 0 Å². The maximum absolute atomic E-state index is 12.2. The quantitative estimate of drug-likeness (QED) is 0.785. The third-order valence-corrected chi connectivity index (χ3v) is 4.48. The minimum Gasteiger partial charge on any atom is -0.353 e. The molecule has 1 rings (SSSR count). The van der Waals surface area contributed by atoms with Crippen molar-refractivity contribution in [1.82, 2.24) is 10.2 Å². The first-order valence-corrected chi connectivity index (χ1v) is 8.01. The third kappa shape index (κ3) is 4.74. The molecule has 1 aliphatic heterocycles. The van der Waals surface area contributed by atoms with Crippen LogP contribution >= 0.6 is 0 Å². The number of piperidine rings is 1. The van der Waals surface area contributed by atoms with Crippen molar-refractivity contribution < 1.29 is 4.79 Å². The van der Waals surface area contributed by atoms with E-state index in [9.17, 15) is 4.79 Å². The van der Waals surface area contributed by atoms with Gasteiger partial charge in [0.2, 0.25) is 5.91 Å². The molecule has 1 heterocycles. The molecule has 0 radical (unpaired) electrons. The highest BCUT2D eigenvalue weighted by atomic mass is 16.2. The fourth-order valence-corrected chi connectivity index (χ4v) is 2.98. The van der Waals surface area contributed by atoms with Gasteiger partial charge in [0.15, 0.2) is 0 Å². The average molecular weight is 283 g/mol. The Morgan fingerprint density at radius 2 is 2.05 bits per heavy atom. The lowest BCUT2D eigenvalue weighted by Gasteiger charge is -2.43. The number of nitrogens with one attached hydrogen (secondary N) is 1. The molecule has 2 atom stereocenters. The summed E-state index contributed by atoms with van der Waals surface area (Å²) in [6.45, 7) is 13.5. The van der Waals surface area contributed by atoms with E-state index in [1.54, 1.807) is 0 Å². The van der Waals surface area contributed by atoms with Gasteiger partial charge in [0.05, 0.1) is 5.54 Å². The summed E-state index contributed by atoms with van der Waals surface area (Å²) in [7, 11) is 0. The first-order chi connectivity index (χ1) is 9.19. The summed E-state index contributed by atoms with van der Waals surface area (Å²) in [5.74, 6) is 0.719. The molecule has 0 aromatic heterocycles. The van der Waals surface area contributed by atoms with Gasteiger partial charge in [0, 0.05) is 18.6 Å². The van der Waals surface area contributed by atoms with Crippen LogP contribution in [0.4, 0.5) is 0 Å². The maximum atomic E-state index is 12.2. The van der Waals surface area contributed by atoms with Gasteiger partial charge in [-0.05, 0) is 52.5 Å². The predicted octanol–water partition coefficient (Wildman–Crippen LogP) is 2.13. The van der Waals surface area contributed by atoms with Crippen molar-refractivity contribution in [2.75, 3.05) is 19.6 Å². The van der Waals surface area contributed by atoms with Crippen LogP contribution in [0.1, 0.15) is 60.3 Å². The first-order valence-electron chi connectivity index (χ1n) is 8.01. The van der Waals surface area contributed by atoms with Crippen LogP contribution in [0.15, 0.2) is 0 Å². The Morgan fingerprint density at radius 3 is 2.60 bits per heavy atom. The molecule has 20 heavy (non-hydrogen) atoms. The van der Waals surface area contributed by atoms with E-state index in [0.29, 0.717) is 6.54 Å². The summed E-state index contributed by atoms with van der Waals surface area (Å²) >= 11 is 0. The minimum atomic E-state index is -0.750. The van der Waals surface area contributed by atoms with E-state index < -0.39 is 5.54 Å². The Labute approximate surface area is 124 Å². The molecule has 0 aromatic rings. The number of nitrogens with two attached hydrogens (primary N) is 1. The fourth-order valence-electron chi connectivity index (χ4n) is 2.98. The van der Waals surface area contributed by atoms with E-state index >= 15 is 0 Å². The molecule has 3 N–H and O–H groups in total. The second-order valence-corrected chi connectivity index (χ2v) is 7.36. The summed E-state index contributed by atoms with van der Waals surface area (Å²) in [6.07, 6.45) is 4.22. The van der Waals surface area contributed by atoms with Gasteiger partial charge in [-0.25, -0.2) is 0 Å². The predicted molar refractivity (Wildman–Crippen MR) is 84.6 cm³/mol. The summed E-state index contributed by atoms with van der Waals surface area (Å²) in [5, 5.41) is 3.05. The number of likely N-dealkylation sites (tertiary alicyclic amines) is 1. The standard InChI is InChI=1S/C16H33N3O/c1-6-9-16(5,17)14(20)18-12-15(3,4)19-10-7-8-13(2)11-19/h13H,6-12,17H2,1-5H3,(H,18,20). The first kappa shape index (κ1) is 17.4. The SMILES string of the molecule is CCCC(C)(N)C(=O)NCC(C)(C)N1CCCC(C)C1. The van der Waals surface area contributed by atoms with E-state index in [1.807, 2.05) is 6.92 Å². The lowest BCUT2D eigenvalue weighted by Crippen LogP contribution is -2.58. The fraction of sp³-hybridized carbons (Fsp3) is 0.938. The summed E-state index contributed by atoms with van der Waals surface area (Å²) in [5.41, 5.74) is 5.32. The summed E-state index contributed by atoms with van der Waals surface area (Å²) in [6, 6.07) is 0. The van der Waals surface area contributed by atoms with Crippen LogP contribution in [0.5, 0.6) is 0 Å². The molecule has 1 aliphatic rings. The number of hydrogen-bond acceptors (Lipinski definition) is 3. The zero-order chi connectivity index (χ0) is 15.4. The third-order valence-electron chi connectivity index (χ3n) is 4.48. The van der Waals surface area contributed by atoms with Crippen LogP contribution in [-0.4, -0.2) is 41.5 Å². The molecule has 2 unspecified atom stereocenters. The lowest BCUT2D eigenvalue weighted by atomic mass is 9.92. The van der Waals surface area contributed by atoms with Crippen molar-refractivity contribution in [2.24, 2.45) is 11.7 Å². The van der Waals surface area contributed by atoms with Gasteiger partial charge < -0.3 is 11.1 Å². The molecular weight excluding hydrogens is 250 g/mol. The van der Waals surface area contributed by atoms with Crippen molar-refractivity contribution in [3.8, 4) is 0 Å². The second kappa shape index (κ2) is 6.90. The van der Waals surface area contributed by atoms with Crippen LogP contribution in [0.3, 0.4) is 0 Å². The van der Waals surface area contributed by atoms with Gasteiger partial charge in [0.1, 0.15) is 0 Å². The Balaban J connectivity index is 2.52. The normalized spacial score (nSPS) is 24.2. The number of rotatable bonds is 6. The molecule has 0 bridgehead atoms. The smallest absolute Gasteiger partial charge is 0.239 e. The Morgan fingerprint density at radius 1 is 1.40 bits per heavy atom. The Kier molecular flexibility index (Phi) is 6.02. The topological polar surface area (TPSA) is 58.4 Å². The van der Waals surface area contributed by atoms with Gasteiger partial charge in [-0.1, -0.05) is 20.3 Å². The van der Waals surface area contributed by atoms with E-state index in [2.05, 4.69) is 37.9 Å². The van der Waals surface area contributed by atoms with E-state index in [-0.39, 0.29) is 11.4 Å². The molecule has 1 saturated heterocycles. The number of amides is 1. The highest BCUT2D eigenvalue weighted by Crippen LogP contribution is 2.23. The van der Waals surface area contributed by atoms with Gasteiger partial charge >= 0.3 is 0 Å². The van der Waals surface area contributed by atoms with Gasteiger partial charge in [-0.3, -0.25) is 9.69 Å². The molecule has 0 aliphatic carbocycles. The maximum Gasteiger partial charge on any atom is 0.239 e. The van der Waals surface area contributed by atoms with Gasteiger partial charge in [-0.15, -0.1) is 0 Å². The molecule has 1 amide bonds. The van der Waals surface area contributed by atoms with E-state index in [4.69, 9.17) is 5.73 Å². The summed E-state index contributed by atoms with van der Waals surface area (Å²) < 4.78 is 0. The van der Waals surface area contributed by atoms with Gasteiger partial charge in [0.25, 0.3) is 0 Å². The Bertz CT molecular complexity index is 326. The van der Waals surface area contributed by atoms with Crippen molar-refractivity contribution in [3.05, 3.63) is 0 Å². The van der Waals surface area contributed by atoms with Crippen molar-refractivity contribution >= 4 is 5.91 Å². The van der Waals surface area contributed by atoms with Crippen molar-refractivity contribution in [3.63, 3.8) is 0 Å². The minimum absolute atomic E-state index is 0.00731. The molecule has 0 aromatic carbocycles. The molecule has 0 saturated carbocycles. The molecule has 0 spiro atoms. The molecule has 4 heteroatoms. The lowest BCUT2D eigenvalue weighted by molar-refractivity contribution is -0.126. The van der Waals surface area contributed by atoms with Crippen LogP contribution < -0.4 is 11.1 Å². The highest BCUT2D eigenvalue weighted by Gasteiger charge is 2.33.